The number of ether oxygens (including phenoxy) is 2. The van der Waals surface area contributed by atoms with Gasteiger partial charge in [-0.1, -0.05) is 91.0 Å². The Balaban J connectivity index is 1.43. The van der Waals surface area contributed by atoms with E-state index in [0.717, 1.165) is 16.7 Å². The predicted molar refractivity (Wildman–Crippen MR) is 135 cm³/mol. The third kappa shape index (κ3) is 7.78. The van der Waals surface area contributed by atoms with E-state index in [4.69, 9.17) is 9.47 Å². The Bertz CT molecular complexity index is 1130. The average Bonchev–Trinajstić information content (AvgIpc) is 3.76. The van der Waals surface area contributed by atoms with Crippen LogP contribution < -0.4 is 10.6 Å². The van der Waals surface area contributed by atoms with Crippen molar-refractivity contribution in [2.24, 2.45) is 0 Å². The lowest BCUT2D eigenvalue weighted by Crippen LogP contribution is -2.53. The Hall–Kier alpha value is -3.97. The summed E-state index contributed by atoms with van der Waals surface area (Å²) in [5, 5.41) is 5.56. The smallest absolute Gasteiger partial charge is 0.408 e. The Morgan fingerprint density at radius 1 is 0.778 bits per heavy atom. The minimum Gasteiger partial charge on any atom is -0.445 e. The molecule has 0 aliphatic carbocycles. The number of carbonyl (C=O) groups is 3. The van der Waals surface area contributed by atoms with Gasteiger partial charge in [-0.15, -0.1) is 0 Å². The van der Waals surface area contributed by atoms with Gasteiger partial charge >= 0.3 is 6.09 Å². The van der Waals surface area contributed by atoms with Crippen molar-refractivity contribution >= 4 is 17.8 Å². The molecule has 1 heterocycles. The maximum absolute atomic E-state index is 13.3. The van der Waals surface area contributed by atoms with Gasteiger partial charge in [-0.2, -0.15) is 0 Å². The van der Waals surface area contributed by atoms with Crippen LogP contribution in [0.25, 0.3) is 0 Å². The van der Waals surface area contributed by atoms with Crippen molar-refractivity contribution < 1.29 is 23.9 Å². The SMILES string of the molecule is O=C(N[C@@H](CCc1ccccc1)C(=O)N[C@@H](Cc1ccccc1)C(=O)C1CO1)OCc1ccccc1. The fourth-order valence-corrected chi connectivity index (χ4v) is 3.91. The van der Waals surface area contributed by atoms with Crippen molar-refractivity contribution in [1.29, 1.82) is 0 Å². The second-order valence-electron chi connectivity index (χ2n) is 8.76. The topological polar surface area (TPSA) is 97.0 Å². The van der Waals surface area contributed by atoms with E-state index in [2.05, 4.69) is 10.6 Å². The molecule has 7 heteroatoms. The minimum absolute atomic E-state index is 0.0911. The fourth-order valence-electron chi connectivity index (χ4n) is 3.91. The highest BCUT2D eigenvalue weighted by Gasteiger charge is 2.38. The van der Waals surface area contributed by atoms with Gasteiger partial charge in [0.25, 0.3) is 0 Å². The van der Waals surface area contributed by atoms with E-state index in [1.165, 1.54) is 0 Å². The summed E-state index contributed by atoms with van der Waals surface area (Å²) in [7, 11) is 0. The molecule has 2 N–H and O–H groups in total. The number of alkyl carbamates (subject to hydrolysis) is 1. The third-order valence-electron chi connectivity index (χ3n) is 5.98. The molecule has 1 aliphatic heterocycles. The molecule has 7 nitrogen and oxygen atoms in total. The Kier molecular flexibility index (Phi) is 8.83. The number of carbonyl (C=O) groups excluding carboxylic acids is 3. The molecule has 3 atom stereocenters. The molecule has 4 rings (SSSR count). The molecule has 1 aliphatic rings. The van der Waals surface area contributed by atoms with Crippen LogP contribution in [0.5, 0.6) is 0 Å². The van der Waals surface area contributed by atoms with Crippen LogP contribution in [0.3, 0.4) is 0 Å². The van der Waals surface area contributed by atoms with E-state index in [0.29, 0.717) is 25.9 Å². The molecule has 0 aromatic heterocycles. The number of ketones is 1. The Morgan fingerprint density at radius 2 is 1.33 bits per heavy atom. The normalized spacial score (nSPS) is 15.8. The number of epoxide rings is 1. The van der Waals surface area contributed by atoms with Gasteiger partial charge in [0.15, 0.2) is 5.78 Å². The molecular weight excluding hydrogens is 456 g/mol. The number of aryl methyl sites for hydroxylation is 1. The second-order valence-corrected chi connectivity index (χ2v) is 8.76. The molecule has 0 bridgehead atoms. The lowest BCUT2D eigenvalue weighted by atomic mass is 9.99. The first-order valence-corrected chi connectivity index (χ1v) is 12.1. The summed E-state index contributed by atoms with van der Waals surface area (Å²) >= 11 is 0. The summed E-state index contributed by atoms with van der Waals surface area (Å²) in [6.07, 6.45) is 0.0764. The summed E-state index contributed by atoms with van der Waals surface area (Å²) in [6, 6.07) is 26.9. The number of nitrogens with one attached hydrogen (secondary N) is 2. The van der Waals surface area contributed by atoms with Gasteiger partial charge in [0.05, 0.1) is 12.6 Å². The first-order chi connectivity index (χ1) is 17.6. The number of benzene rings is 3. The van der Waals surface area contributed by atoms with Crippen LogP contribution >= 0.6 is 0 Å². The van der Waals surface area contributed by atoms with E-state index in [9.17, 15) is 14.4 Å². The molecule has 36 heavy (non-hydrogen) atoms. The zero-order valence-corrected chi connectivity index (χ0v) is 20.0. The number of amides is 2. The van der Waals surface area contributed by atoms with E-state index >= 15 is 0 Å². The van der Waals surface area contributed by atoms with E-state index in [1.807, 2.05) is 91.0 Å². The summed E-state index contributed by atoms with van der Waals surface area (Å²) in [6.45, 7) is 0.454. The quantitative estimate of drug-likeness (QED) is 0.381. The van der Waals surface area contributed by atoms with E-state index in [-0.39, 0.29) is 12.4 Å². The van der Waals surface area contributed by atoms with Crippen molar-refractivity contribution in [3.05, 3.63) is 108 Å². The molecule has 2 amide bonds. The van der Waals surface area contributed by atoms with E-state index in [1.54, 1.807) is 0 Å². The van der Waals surface area contributed by atoms with Crippen LogP contribution in [0.1, 0.15) is 23.1 Å². The van der Waals surface area contributed by atoms with E-state index < -0.39 is 30.2 Å². The standard InChI is InChI=1S/C29H30N2O5/c32-27(26-20-35-26)25(18-22-12-6-2-7-13-22)30-28(33)24(17-16-21-10-4-1-5-11-21)31-29(34)36-19-23-14-8-3-9-15-23/h1-15,24-26H,16-20H2,(H,30,33)(H,31,34)/t24-,25-,26?/m0/s1. The van der Waals surface area contributed by atoms with Crippen molar-refractivity contribution in [1.82, 2.24) is 10.6 Å². The summed E-state index contributed by atoms with van der Waals surface area (Å²) in [5.74, 6) is -0.599. The van der Waals surface area contributed by atoms with Crippen LogP contribution in [0.2, 0.25) is 0 Å². The molecule has 1 fully saturated rings. The predicted octanol–water partition coefficient (Wildman–Crippen LogP) is 3.61. The maximum atomic E-state index is 13.3. The highest BCUT2D eigenvalue weighted by molar-refractivity contribution is 5.95. The number of hydrogen-bond donors (Lipinski definition) is 2. The maximum Gasteiger partial charge on any atom is 0.408 e. The highest BCUT2D eigenvalue weighted by Crippen LogP contribution is 2.16. The second kappa shape index (κ2) is 12.7. The molecule has 186 valence electrons. The van der Waals surface area contributed by atoms with Crippen molar-refractivity contribution in [2.45, 2.75) is 44.1 Å². The molecular formula is C29H30N2O5. The van der Waals surface area contributed by atoms with Crippen molar-refractivity contribution in [3.8, 4) is 0 Å². The first kappa shape index (κ1) is 25.1. The van der Waals surface area contributed by atoms with Crippen LogP contribution in [-0.4, -0.2) is 42.6 Å². The van der Waals surface area contributed by atoms with Gasteiger partial charge in [0.1, 0.15) is 18.8 Å². The molecule has 0 radical (unpaired) electrons. The van der Waals surface area contributed by atoms with Crippen LogP contribution in [0, 0.1) is 0 Å². The molecule has 3 aromatic rings. The summed E-state index contributed by atoms with van der Waals surface area (Å²) in [5.41, 5.74) is 2.81. The number of hydrogen-bond acceptors (Lipinski definition) is 5. The molecule has 0 spiro atoms. The Labute approximate surface area is 210 Å². The highest BCUT2D eigenvalue weighted by atomic mass is 16.6. The minimum atomic E-state index is -0.875. The molecule has 0 saturated carbocycles. The van der Waals surface area contributed by atoms with Crippen molar-refractivity contribution in [3.63, 3.8) is 0 Å². The van der Waals surface area contributed by atoms with Crippen molar-refractivity contribution in [2.75, 3.05) is 6.61 Å². The lowest BCUT2D eigenvalue weighted by molar-refractivity contribution is -0.129. The van der Waals surface area contributed by atoms with Gasteiger partial charge in [-0.25, -0.2) is 4.79 Å². The number of rotatable bonds is 12. The lowest BCUT2D eigenvalue weighted by Gasteiger charge is -2.23. The van der Waals surface area contributed by atoms with Crippen LogP contribution in [-0.2, 0) is 38.5 Å². The van der Waals surface area contributed by atoms with Gasteiger partial charge in [0, 0.05) is 0 Å². The molecule has 3 aromatic carbocycles. The average molecular weight is 487 g/mol. The zero-order valence-electron chi connectivity index (χ0n) is 20.0. The van der Waals surface area contributed by atoms with Crippen LogP contribution in [0.4, 0.5) is 4.79 Å². The van der Waals surface area contributed by atoms with Gasteiger partial charge in [-0.3, -0.25) is 9.59 Å². The molecule has 1 saturated heterocycles. The zero-order chi connectivity index (χ0) is 25.2. The molecule has 1 unspecified atom stereocenters. The number of Topliss-reactive ketones (excluding diaryl/α,β-unsaturated/α-hetero) is 1. The Morgan fingerprint density at radius 3 is 1.92 bits per heavy atom. The first-order valence-electron chi connectivity index (χ1n) is 12.1. The van der Waals surface area contributed by atoms with Gasteiger partial charge in [-0.05, 0) is 36.0 Å². The van der Waals surface area contributed by atoms with Gasteiger partial charge in [0.2, 0.25) is 5.91 Å². The van der Waals surface area contributed by atoms with Crippen LogP contribution in [0.15, 0.2) is 91.0 Å². The van der Waals surface area contributed by atoms with Gasteiger partial charge < -0.3 is 20.1 Å². The summed E-state index contributed by atoms with van der Waals surface area (Å²) in [4.78, 5) is 38.8. The fraction of sp³-hybridized carbons (Fsp3) is 0.276. The monoisotopic (exact) mass is 486 g/mol. The largest absolute Gasteiger partial charge is 0.445 e. The summed E-state index contributed by atoms with van der Waals surface area (Å²) < 4.78 is 10.5. The third-order valence-corrected chi connectivity index (χ3v) is 5.98.